The van der Waals surface area contributed by atoms with Crippen LogP contribution in [0.25, 0.3) is 0 Å². The molecule has 1 aromatic carbocycles. The van der Waals surface area contributed by atoms with Crippen LogP contribution in [0.2, 0.25) is 0 Å². The summed E-state index contributed by atoms with van der Waals surface area (Å²) in [4.78, 5) is 21.1. The maximum atomic E-state index is 12.4. The van der Waals surface area contributed by atoms with Gasteiger partial charge >= 0.3 is 0 Å². The quantitative estimate of drug-likeness (QED) is 0.904. The second-order valence-electron chi connectivity index (χ2n) is 6.34. The smallest absolute Gasteiger partial charge is 0.256 e. The Kier molecular flexibility index (Phi) is 5.63. The first-order valence-electron chi connectivity index (χ1n) is 8.45. The van der Waals surface area contributed by atoms with Gasteiger partial charge in [-0.05, 0) is 29.8 Å². The van der Waals surface area contributed by atoms with Gasteiger partial charge in [0.05, 0.1) is 13.2 Å². The molecule has 1 aliphatic rings. The van der Waals surface area contributed by atoms with Gasteiger partial charge in [0, 0.05) is 51.2 Å². The lowest BCUT2D eigenvalue weighted by molar-refractivity contribution is 0.0341. The number of carbonyl (C=O) groups excluding carboxylic acids is 1. The van der Waals surface area contributed by atoms with Gasteiger partial charge in [0.1, 0.15) is 5.82 Å². The Hall–Kier alpha value is -2.44. The van der Waals surface area contributed by atoms with E-state index < -0.39 is 0 Å². The topological polar surface area (TPSA) is 57.7 Å². The molecule has 1 N–H and O–H groups in total. The van der Waals surface area contributed by atoms with Crippen LogP contribution < -0.4 is 10.2 Å². The van der Waals surface area contributed by atoms with Crippen LogP contribution in [0.3, 0.4) is 0 Å². The third-order valence-electron chi connectivity index (χ3n) is 4.20. The van der Waals surface area contributed by atoms with Crippen LogP contribution in [-0.4, -0.2) is 56.2 Å². The van der Waals surface area contributed by atoms with Crippen molar-refractivity contribution in [2.24, 2.45) is 0 Å². The summed E-state index contributed by atoms with van der Waals surface area (Å²) in [6, 6.07) is 11.4. The molecular formula is C19H24N4O2. The standard InChI is InChI=1S/C19H24N4O2/c1-22(2)17-5-3-4-16(12-17)19(24)21-18-7-6-15(13-20-18)14-23-8-10-25-11-9-23/h3-7,12-13H,8-11,14H2,1-2H3,(H,20,21,24). The Bertz CT molecular complexity index is 710. The Balaban J connectivity index is 1.60. The summed E-state index contributed by atoms with van der Waals surface area (Å²) < 4.78 is 5.36. The molecule has 0 unspecified atom stereocenters. The normalized spacial score (nSPS) is 15.0. The van der Waals surface area contributed by atoms with Gasteiger partial charge in [-0.3, -0.25) is 9.69 Å². The monoisotopic (exact) mass is 340 g/mol. The van der Waals surface area contributed by atoms with Gasteiger partial charge in [-0.25, -0.2) is 4.98 Å². The van der Waals surface area contributed by atoms with Gasteiger partial charge in [-0.1, -0.05) is 12.1 Å². The number of hydrogen-bond donors (Lipinski definition) is 1. The molecule has 0 aliphatic carbocycles. The van der Waals surface area contributed by atoms with Crippen molar-refractivity contribution in [3.05, 3.63) is 53.7 Å². The van der Waals surface area contributed by atoms with Crippen molar-refractivity contribution in [3.63, 3.8) is 0 Å². The zero-order chi connectivity index (χ0) is 17.6. The number of carbonyl (C=O) groups is 1. The van der Waals surface area contributed by atoms with Crippen LogP contribution in [0.1, 0.15) is 15.9 Å². The summed E-state index contributed by atoms with van der Waals surface area (Å²) >= 11 is 0. The minimum absolute atomic E-state index is 0.155. The van der Waals surface area contributed by atoms with E-state index in [0.29, 0.717) is 11.4 Å². The van der Waals surface area contributed by atoms with Crippen LogP contribution in [0.4, 0.5) is 11.5 Å². The Morgan fingerprint density at radius 3 is 2.72 bits per heavy atom. The highest BCUT2D eigenvalue weighted by atomic mass is 16.5. The maximum absolute atomic E-state index is 12.4. The highest BCUT2D eigenvalue weighted by molar-refractivity contribution is 6.04. The Morgan fingerprint density at radius 1 is 1.24 bits per heavy atom. The van der Waals surface area contributed by atoms with Crippen LogP contribution in [-0.2, 0) is 11.3 Å². The summed E-state index contributed by atoms with van der Waals surface area (Å²) in [6.07, 6.45) is 1.82. The van der Waals surface area contributed by atoms with Crippen molar-refractivity contribution >= 4 is 17.4 Å². The molecule has 1 fully saturated rings. The van der Waals surface area contributed by atoms with E-state index >= 15 is 0 Å². The van der Waals surface area contributed by atoms with Crippen molar-refractivity contribution in [2.75, 3.05) is 50.6 Å². The highest BCUT2D eigenvalue weighted by Crippen LogP contribution is 2.15. The van der Waals surface area contributed by atoms with E-state index in [1.54, 1.807) is 6.07 Å². The first kappa shape index (κ1) is 17.4. The molecule has 1 amide bonds. The number of ether oxygens (including phenoxy) is 1. The Morgan fingerprint density at radius 2 is 2.04 bits per heavy atom. The van der Waals surface area contributed by atoms with Crippen LogP contribution >= 0.6 is 0 Å². The predicted octanol–water partition coefficient (Wildman–Crippen LogP) is 2.23. The molecular weight excluding hydrogens is 316 g/mol. The predicted molar refractivity (Wildman–Crippen MR) is 99.1 cm³/mol. The van der Waals surface area contributed by atoms with E-state index in [1.165, 1.54) is 0 Å². The van der Waals surface area contributed by atoms with E-state index in [0.717, 1.165) is 44.1 Å². The molecule has 132 valence electrons. The maximum Gasteiger partial charge on any atom is 0.256 e. The minimum atomic E-state index is -0.155. The third kappa shape index (κ3) is 4.78. The number of nitrogens with zero attached hydrogens (tertiary/aromatic N) is 3. The first-order valence-corrected chi connectivity index (χ1v) is 8.45. The number of aromatic nitrogens is 1. The molecule has 1 aromatic heterocycles. The second-order valence-corrected chi connectivity index (χ2v) is 6.34. The van der Waals surface area contributed by atoms with Crippen molar-refractivity contribution in [2.45, 2.75) is 6.54 Å². The number of benzene rings is 1. The fourth-order valence-corrected chi connectivity index (χ4v) is 2.72. The fourth-order valence-electron chi connectivity index (χ4n) is 2.72. The average Bonchev–Trinajstić information content (AvgIpc) is 2.64. The minimum Gasteiger partial charge on any atom is -0.379 e. The van der Waals surface area contributed by atoms with Gasteiger partial charge in [0.2, 0.25) is 0 Å². The summed E-state index contributed by atoms with van der Waals surface area (Å²) in [5.41, 5.74) is 2.74. The molecule has 1 saturated heterocycles. The van der Waals surface area contributed by atoms with E-state index in [9.17, 15) is 4.79 Å². The molecule has 25 heavy (non-hydrogen) atoms. The third-order valence-corrected chi connectivity index (χ3v) is 4.20. The molecule has 2 heterocycles. The molecule has 0 atom stereocenters. The molecule has 6 nitrogen and oxygen atoms in total. The SMILES string of the molecule is CN(C)c1cccc(C(=O)Nc2ccc(CN3CCOCC3)cn2)c1. The number of amides is 1. The van der Waals surface area contributed by atoms with Crippen molar-refractivity contribution in [1.82, 2.24) is 9.88 Å². The largest absolute Gasteiger partial charge is 0.379 e. The van der Waals surface area contributed by atoms with Gasteiger partial charge in [-0.15, -0.1) is 0 Å². The zero-order valence-corrected chi connectivity index (χ0v) is 14.7. The average molecular weight is 340 g/mol. The molecule has 1 aliphatic heterocycles. The van der Waals surface area contributed by atoms with Crippen LogP contribution in [0.5, 0.6) is 0 Å². The van der Waals surface area contributed by atoms with Crippen molar-refractivity contribution in [1.29, 1.82) is 0 Å². The molecule has 0 radical (unpaired) electrons. The molecule has 0 saturated carbocycles. The number of rotatable bonds is 5. The van der Waals surface area contributed by atoms with Crippen molar-refractivity contribution in [3.8, 4) is 0 Å². The molecule has 6 heteroatoms. The van der Waals surface area contributed by atoms with Crippen LogP contribution in [0, 0.1) is 0 Å². The number of pyridine rings is 1. The van der Waals surface area contributed by atoms with Crippen LogP contribution in [0.15, 0.2) is 42.6 Å². The van der Waals surface area contributed by atoms with E-state index in [4.69, 9.17) is 4.74 Å². The van der Waals surface area contributed by atoms with Gasteiger partial charge in [0.15, 0.2) is 0 Å². The lowest BCUT2D eigenvalue weighted by atomic mass is 10.2. The number of nitrogens with one attached hydrogen (secondary N) is 1. The lowest BCUT2D eigenvalue weighted by Gasteiger charge is -2.26. The molecule has 0 bridgehead atoms. The molecule has 2 aromatic rings. The van der Waals surface area contributed by atoms with E-state index in [-0.39, 0.29) is 5.91 Å². The second kappa shape index (κ2) is 8.09. The summed E-state index contributed by atoms with van der Waals surface area (Å²) in [5, 5.41) is 2.85. The van der Waals surface area contributed by atoms with Gasteiger partial charge in [0.25, 0.3) is 5.91 Å². The number of anilines is 2. The number of morpholine rings is 1. The highest BCUT2D eigenvalue weighted by Gasteiger charge is 2.12. The van der Waals surface area contributed by atoms with Crippen molar-refractivity contribution < 1.29 is 9.53 Å². The summed E-state index contributed by atoms with van der Waals surface area (Å²) in [6.45, 7) is 4.32. The summed E-state index contributed by atoms with van der Waals surface area (Å²) in [5.74, 6) is 0.406. The lowest BCUT2D eigenvalue weighted by Crippen LogP contribution is -2.35. The summed E-state index contributed by atoms with van der Waals surface area (Å²) in [7, 11) is 3.90. The van der Waals surface area contributed by atoms with Gasteiger partial charge < -0.3 is 15.0 Å². The zero-order valence-electron chi connectivity index (χ0n) is 14.7. The van der Waals surface area contributed by atoms with E-state index in [1.807, 2.05) is 55.5 Å². The van der Waals surface area contributed by atoms with E-state index in [2.05, 4.69) is 15.2 Å². The number of hydrogen-bond acceptors (Lipinski definition) is 5. The molecule has 0 spiro atoms. The molecule has 3 rings (SSSR count). The fraction of sp³-hybridized carbons (Fsp3) is 0.368. The first-order chi connectivity index (χ1) is 12.1. The Labute approximate surface area is 148 Å². The van der Waals surface area contributed by atoms with Gasteiger partial charge in [-0.2, -0.15) is 0 Å².